The van der Waals surface area contributed by atoms with Crippen molar-refractivity contribution in [2.45, 2.75) is 50.2 Å². The van der Waals surface area contributed by atoms with E-state index >= 15 is 0 Å². The van der Waals surface area contributed by atoms with E-state index in [1.165, 1.54) is 15.3 Å². The van der Waals surface area contributed by atoms with Gasteiger partial charge in [0.05, 0.1) is 17.6 Å². The van der Waals surface area contributed by atoms with Crippen LogP contribution in [0.1, 0.15) is 30.7 Å². The Labute approximate surface area is 208 Å². The molecule has 1 aromatic carbocycles. The fourth-order valence-corrected chi connectivity index (χ4v) is 7.05. The Bertz CT molecular complexity index is 1200. The molecule has 7 nitrogen and oxygen atoms in total. The molecule has 2 N–H and O–H groups in total. The maximum Gasteiger partial charge on any atom is 0.226 e. The van der Waals surface area contributed by atoms with Crippen LogP contribution in [0.2, 0.25) is 0 Å². The maximum absolute atomic E-state index is 13.3. The van der Waals surface area contributed by atoms with Gasteiger partial charge in [0.1, 0.15) is 17.0 Å². The Morgan fingerprint density at radius 3 is 2.76 bits per heavy atom. The zero-order chi connectivity index (χ0) is 23.8. The van der Waals surface area contributed by atoms with Crippen molar-refractivity contribution in [1.82, 2.24) is 14.9 Å². The van der Waals surface area contributed by atoms with Crippen molar-refractivity contribution >= 4 is 56.4 Å². The van der Waals surface area contributed by atoms with Crippen LogP contribution in [0, 0.1) is 5.92 Å². The fraction of sp³-hybridized carbons (Fsp3) is 0.480. The van der Waals surface area contributed by atoms with Gasteiger partial charge in [-0.2, -0.15) is 0 Å². The van der Waals surface area contributed by atoms with Crippen LogP contribution in [-0.2, 0) is 22.4 Å². The van der Waals surface area contributed by atoms with Gasteiger partial charge in [0.15, 0.2) is 0 Å². The fourth-order valence-electron chi connectivity index (χ4n) is 5.14. The quantitative estimate of drug-likeness (QED) is 0.484. The number of ether oxygens (including phenoxy) is 1. The van der Waals surface area contributed by atoms with Crippen molar-refractivity contribution in [2.24, 2.45) is 5.92 Å². The molecule has 1 amide bonds. The number of fused-ring (bicyclic) bond motifs is 3. The minimum absolute atomic E-state index is 0.0284. The molecule has 34 heavy (non-hydrogen) atoms. The number of aryl methyl sites for hydroxylation is 1. The third kappa shape index (κ3) is 4.48. The molecular formula is C25H31N5O2S2. The zero-order valence-corrected chi connectivity index (χ0v) is 21.7. The van der Waals surface area contributed by atoms with E-state index in [1.807, 2.05) is 25.8 Å². The molecule has 0 bridgehead atoms. The zero-order valence-electron chi connectivity index (χ0n) is 20.1. The van der Waals surface area contributed by atoms with Gasteiger partial charge in [0.2, 0.25) is 5.91 Å². The van der Waals surface area contributed by atoms with Crippen LogP contribution in [0.4, 0.5) is 17.2 Å². The van der Waals surface area contributed by atoms with Gasteiger partial charge in [0, 0.05) is 47.2 Å². The lowest BCUT2D eigenvalue weighted by Crippen LogP contribution is -2.50. The average Bonchev–Trinajstić information content (AvgIpc) is 3.21. The van der Waals surface area contributed by atoms with Crippen molar-refractivity contribution in [1.29, 1.82) is 0 Å². The lowest BCUT2D eigenvalue weighted by Gasteiger charge is -2.37. The molecule has 5 rings (SSSR count). The highest BCUT2D eigenvalue weighted by atomic mass is 32.2. The Morgan fingerprint density at radius 2 is 2.03 bits per heavy atom. The molecule has 3 aromatic rings. The van der Waals surface area contributed by atoms with Crippen molar-refractivity contribution in [3.05, 3.63) is 35.0 Å². The molecule has 0 spiro atoms. The summed E-state index contributed by atoms with van der Waals surface area (Å²) < 4.78 is 5.82. The molecule has 1 saturated heterocycles. The standard InChI is InChI=1S/C25H31N5O2S2/c1-14-11-30(12-15(2)32-14)25(31)16-5-7-18-20(9-16)34-24-22(18)23(27-13-28-24)29-17-6-8-19(26-3)21(10-17)33-4/h6,8,10,13-16,26H,5,7,9,11-12H2,1-4H3,(H,27,28,29). The third-order valence-corrected chi connectivity index (χ3v) is 8.60. The van der Waals surface area contributed by atoms with Crippen LogP contribution in [0.15, 0.2) is 29.4 Å². The second kappa shape index (κ2) is 9.71. The highest BCUT2D eigenvalue weighted by Gasteiger charge is 2.34. The van der Waals surface area contributed by atoms with Crippen molar-refractivity contribution in [3.8, 4) is 0 Å². The summed E-state index contributed by atoms with van der Waals surface area (Å²) in [7, 11) is 1.94. The summed E-state index contributed by atoms with van der Waals surface area (Å²) >= 11 is 3.42. The van der Waals surface area contributed by atoms with E-state index in [9.17, 15) is 4.79 Å². The SMILES string of the molecule is CNc1ccc(Nc2ncnc3sc4c(c23)CCC(C(=O)N2CC(C)OC(C)C2)C4)cc1SC. The summed E-state index contributed by atoms with van der Waals surface area (Å²) in [6, 6.07) is 6.29. The number of hydrogen-bond acceptors (Lipinski definition) is 8. The van der Waals surface area contributed by atoms with Gasteiger partial charge in [0.25, 0.3) is 0 Å². The van der Waals surface area contributed by atoms with E-state index in [2.05, 4.69) is 45.1 Å². The molecule has 0 radical (unpaired) electrons. The van der Waals surface area contributed by atoms with Gasteiger partial charge >= 0.3 is 0 Å². The number of anilines is 3. The molecule has 1 aliphatic heterocycles. The number of hydrogen-bond donors (Lipinski definition) is 2. The number of morpholine rings is 1. The third-order valence-electron chi connectivity index (χ3n) is 6.66. The summed E-state index contributed by atoms with van der Waals surface area (Å²) in [4.78, 5) is 27.9. The van der Waals surface area contributed by atoms with E-state index in [4.69, 9.17) is 4.74 Å². The van der Waals surface area contributed by atoms with E-state index < -0.39 is 0 Å². The topological polar surface area (TPSA) is 79.4 Å². The normalized spacial score (nSPS) is 22.5. The van der Waals surface area contributed by atoms with Gasteiger partial charge in [-0.15, -0.1) is 23.1 Å². The van der Waals surface area contributed by atoms with Gasteiger partial charge in [-0.25, -0.2) is 9.97 Å². The monoisotopic (exact) mass is 497 g/mol. The summed E-state index contributed by atoms with van der Waals surface area (Å²) in [6.07, 6.45) is 6.40. The number of thiophene rings is 1. The van der Waals surface area contributed by atoms with Crippen LogP contribution < -0.4 is 10.6 Å². The summed E-state index contributed by atoms with van der Waals surface area (Å²) in [5.41, 5.74) is 3.41. The van der Waals surface area contributed by atoms with E-state index in [0.717, 1.165) is 46.7 Å². The number of nitrogens with one attached hydrogen (secondary N) is 2. The Kier molecular flexibility index (Phi) is 6.68. The van der Waals surface area contributed by atoms with Gasteiger partial charge < -0.3 is 20.3 Å². The highest BCUT2D eigenvalue weighted by Crippen LogP contribution is 2.41. The molecule has 9 heteroatoms. The van der Waals surface area contributed by atoms with Crippen molar-refractivity contribution in [2.75, 3.05) is 37.0 Å². The van der Waals surface area contributed by atoms with Gasteiger partial charge in [-0.1, -0.05) is 0 Å². The summed E-state index contributed by atoms with van der Waals surface area (Å²) in [5, 5.41) is 7.87. The number of nitrogens with zero attached hydrogens (tertiary/aromatic N) is 3. The van der Waals surface area contributed by atoms with Crippen LogP contribution in [-0.4, -0.2) is 59.4 Å². The van der Waals surface area contributed by atoms with Crippen LogP contribution in [0.5, 0.6) is 0 Å². The molecule has 3 unspecified atom stereocenters. The van der Waals surface area contributed by atoms with Crippen LogP contribution in [0.3, 0.4) is 0 Å². The first kappa shape index (κ1) is 23.4. The molecule has 180 valence electrons. The van der Waals surface area contributed by atoms with Crippen molar-refractivity contribution in [3.63, 3.8) is 0 Å². The first-order valence-corrected chi connectivity index (χ1v) is 13.8. The molecule has 0 saturated carbocycles. The first-order chi connectivity index (χ1) is 16.5. The molecule has 3 atom stereocenters. The minimum Gasteiger partial charge on any atom is -0.387 e. The number of carbonyl (C=O) groups is 1. The largest absolute Gasteiger partial charge is 0.387 e. The number of aromatic nitrogens is 2. The van der Waals surface area contributed by atoms with Gasteiger partial charge in [-0.05, 0) is 63.1 Å². The molecule has 2 aromatic heterocycles. The number of benzene rings is 1. The lowest BCUT2D eigenvalue weighted by atomic mass is 9.86. The average molecular weight is 498 g/mol. The van der Waals surface area contributed by atoms with Crippen LogP contribution >= 0.6 is 23.1 Å². The predicted octanol–water partition coefficient (Wildman–Crippen LogP) is 4.94. The Balaban J connectivity index is 1.40. The number of carbonyl (C=O) groups excluding carboxylic acids is 1. The summed E-state index contributed by atoms with van der Waals surface area (Å²) in [5.74, 6) is 1.14. The van der Waals surface area contributed by atoms with E-state index in [1.54, 1.807) is 29.4 Å². The Morgan fingerprint density at radius 1 is 1.24 bits per heavy atom. The van der Waals surface area contributed by atoms with E-state index in [-0.39, 0.29) is 24.0 Å². The number of amides is 1. The lowest BCUT2D eigenvalue weighted by molar-refractivity contribution is -0.147. The first-order valence-electron chi connectivity index (χ1n) is 11.8. The maximum atomic E-state index is 13.3. The van der Waals surface area contributed by atoms with Crippen LogP contribution in [0.25, 0.3) is 10.2 Å². The van der Waals surface area contributed by atoms with E-state index in [0.29, 0.717) is 13.1 Å². The molecular weight excluding hydrogens is 466 g/mol. The Hall–Kier alpha value is -2.36. The molecule has 3 heterocycles. The second-order valence-corrected chi connectivity index (χ2v) is 11.1. The summed E-state index contributed by atoms with van der Waals surface area (Å²) in [6.45, 7) is 5.46. The van der Waals surface area contributed by atoms with Crippen molar-refractivity contribution < 1.29 is 9.53 Å². The highest BCUT2D eigenvalue weighted by molar-refractivity contribution is 7.98. The molecule has 1 fully saturated rings. The minimum atomic E-state index is 0.0284. The second-order valence-electron chi connectivity index (χ2n) is 9.14. The molecule has 2 aliphatic rings. The molecule has 1 aliphatic carbocycles. The number of rotatable bonds is 5. The predicted molar refractivity (Wildman–Crippen MR) is 141 cm³/mol. The van der Waals surface area contributed by atoms with Gasteiger partial charge in [-0.3, -0.25) is 4.79 Å². The number of thioether (sulfide) groups is 1. The smallest absolute Gasteiger partial charge is 0.226 e.